The Morgan fingerprint density at radius 1 is 1.14 bits per heavy atom. The highest BCUT2D eigenvalue weighted by molar-refractivity contribution is 5.79. The zero-order valence-electron chi connectivity index (χ0n) is 20.8. The molecule has 6 heteroatoms. The van der Waals surface area contributed by atoms with Crippen molar-refractivity contribution in [3.8, 4) is 5.69 Å². The van der Waals surface area contributed by atoms with E-state index in [1.165, 1.54) is 17.3 Å². The van der Waals surface area contributed by atoms with Gasteiger partial charge in [-0.05, 0) is 48.6 Å². The molecule has 2 aromatic carbocycles. The molecule has 1 fully saturated rings. The molecule has 1 aliphatic heterocycles. The summed E-state index contributed by atoms with van der Waals surface area (Å²) >= 11 is 0. The van der Waals surface area contributed by atoms with Gasteiger partial charge in [0.25, 0.3) is 0 Å². The van der Waals surface area contributed by atoms with Crippen LogP contribution in [0.1, 0.15) is 55.6 Å². The second-order valence-corrected chi connectivity index (χ2v) is 10.5. The molecule has 1 aromatic heterocycles. The molecule has 0 bridgehead atoms. The summed E-state index contributed by atoms with van der Waals surface area (Å²) in [5, 5.41) is 5.09. The van der Waals surface area contributed by atoms with Crippen LogP contribution in [0.25, 0.3) is 5.69 Å². The third-order valence-electron chi connectivity index (χ3n) is 7.21. The smallest absolute Gasteiger partial charge is 0.226 e. The minimum atomic E-state index is -0.198. The van der Waals surface area contributed by atoms with Gasteiger partial charge in [-0.2, -0.15) is 5.10 Å². The molecule has 3 aromatic rings. The number of aromatic nitrogens is 2. The van der Waals surface area contributed by atoms with Gasteiger partial charge in [0.15, 0.2) is 0 Å². The van der Waals surface area contributed by atoms with Crippen LogP contribution in [0.3, 0.4) is 0 Å². The van der Waals surface area contributed by atoms with Gasteiger partial charge in [-0.1, -0.05) is 50.6 Å². The molecule has 5 nitrogen and oxygen atoms in total. The molecular weight excluding hydrogens is 439 g/mol. The highest BCUT2D eigenvalue weighted by Gasteiger charge is 2.32. The van der Waals surface area contributed by atoms with Crippen molar-refractivity contribution in [1.82, 2.24) is 19.6 Å². The van der Waals surface area contributed by atoms with Gasteiger partial charge >= 0.3 is 0 Å². The van der Waals surface area contributed by atoms with Crippen LogP contribution in [0.5, 0.6) is 0 Å². The van der Waals surface area contributed by atoms with Gasteiger partial charge in [-0.25, -0.2) is 9.07 Å². The van der Waals surface area contributed by atoms with Gasteiger partial charge in [0.05, 0.1) is 23.6 Å². The molecule has 0 spiro atoms. The molecule has 0 saturated heterocycles. The molecule has 184 valence electrons. The third kappa shape index (κ3) is 5.32. The fourth-order valence-corrected chi connectivity index (χ4v) is 5.25. The summed E-state index contributed by atoms with van der Waals surface area (Å²) in [5.74, 6) is 0.651. The number of carbonyl (C=O) groups is 1. The minimum Gasteiger partial charge on any atom is -0.336 e. The maximum absolute atomic E-state index is 13.8. The molecule has 1 saturated carbocycles. The Bertz CT molecular complexity index is 1170. The molecule has 0 radical (unpaired) electrons. The number of carbonyl (C=O) groups excluding carboxylic acids is 1. The van der Waals surface area contributed by atoms with Crippen LogP contribution in [0, 0.1) is 17.7 Å². The van der Waals surface area contributed by atoms with E-state index in [0.717, 1.165) is 62.3 Å². The largest absolute Gasteiger partial charge is 0.336 e. The average Bonchev–Trinajstić information content (AvgIpc) is 3.15. The van der Waals surface area contributed by atoms with E-state index < -0.39 is 0 Å². The van der Waals surface area contributed by atoms with Gasteiger partial charge in [-0.3, -0.25) is 9.69 Å². The fourth-order valence-electron chi connectivity index (χ4n) is 5.25. The Balaban J connectivity index is 1.45. The second kappa shape index (κ2) is 10.3. The Morgan fingerprint density at radius 3 is 2.63 bits per heavy atom. The van der Waals surface area contributed by atoms with E-state index in [4.69, 9.17) is 5.10 Å². The Hall–Kier alpha value is -2.99. The van der Waals surface area contributed by atoms with Crippen LogP contribution in [0.2, 0.25) is 0 Å². The van der Waals surface area contributed by atoms with Gasteiger partial charge in [-0.15, -0.1) is 0 Å². The van der Waals surface area contributed by atoms with E-state index >= 15 is 0 Å². The van der Waals surface area contributed by atoms with Gasteiger partial charge in [0.2, 0.25) is 5.91 Å². The van der Waals surface area contributed by atoms with Gasteiger partial charge < -0.3 is 4.90 Å². The number of nitrogens with zero attached hydrogens (tertiary/aromatic N) is 4. The molecule has 0 unspecified atom stereocenters. The van der Waals surface area contributed by atoms with Crippen molar-refractivity contribution < 1.29 is 9.18 Å². The zero-order valence-corrected chi connectivity index (χ0v) is 20.8. The quantitative estimate of drug-likeness (QED) is 0.442. The first kappa shape index (κ1) is 23.7. The summed E-state index contributed by atoms with van der Waals surface area (Å²) in [4.78, 5) is 17.7. The van der Waals surface area contributed by atoms with E-state index in [9.17, 15) is 9.18 Å². The topological polar surface area (TPSA) is 41.4 Å². The van der Waals surface area contributed by atoms with Gasteiger partial charge in [0, 0.05) is 44.1 Å². The maximum atomic E-state index is 13.8. The molecule has 2 aliphatic rings. The van der Waals surface area contributed by atoms with Crippen molar-refractivity contribution in [2.45, 2.75) is 59.2 Å². The SMILES string of the molecule is CC(C)CN(Cc1nn(-c2ccccc2)c2c1CN(Cc1cccc(F)c1)CC2)C(=O)C1CCC1. The van der Waals surface area contributed by atoms with Crippen LogP contribution < -0.4 is 0 Å². The van der Waals surface area contributed by atoms with Crippen LogP contribution in [0.15, 0.2) is 54.6 Å². The first-order valence-corrected chi connectivity index (χ1v) is 12.9. The number of benzene rings is 2. The molecule has 0 atom stereocenters. The minimum absolute atomic E-state index is 0.172. The fraction of sp³-hybridized carbons (Fsp3) is 0.448. The highest BCUT2D eigenvalue weighted by Crippen LogP contribution is 2.31. The number of halogens is 1. The van der Waals surface area contributed by atoms with Crippen molar-refractivity contribution in [1.29, 1.82) is 0 Å². The van der Waals surface area contributed by atoms with Crippen molar-refractivity contribution in [3.63, 3.8) is 0 Å². The normalized spacial score (nSPS) is 16.2. The summed E-state index contributed by atoms with van der Waals surface area (Å²) in [7, 11) is 0. The van der Waals surface area contributed by atoms with Crippen molar-refractivity contribution in [2.75, 3.05) is 13.1 Å². The molecule has 2 heterocycles. The molecule has 1 aliphatic carbocycles. The van der Waals surface area contributed by atoms with E-state index in [0.29, 0.717) is 19.0 Å². The number of hydrogen-bond acceptors (Lipinski definition) is 3. The number of amides is 1. The summed E-state index contributed by atoms with van der Waals surface area (Å²) < 4.78 is 15.8. The lowest BCUT2D eigenvalue weighted by Gasteiger charge is -2.33. The van der Waals surface area contributed by atoms with Crippen LogP contribution in [-0.4, -0.2) is 38.6 Å². The highest BCUT2D eigenvalue weighted by atomic mass is 19.1. The van der Waals surface area contributed by atoms with E-state index in [-0.39, 0.29) is 17.6 Å². The molecule has 35 heavy (non-hydrogen) atoms. The molecule has 0 N–H and O–H groups in total. The first-order valence-electron chi connectivity index (χ1n) is 12.9. The summed E-state index contributed by atoms with van der Waals surface area (Å²) in [6.45, 7) is 7.96. The monoisotopic (exact) mass is 474 g/mol. The second-order valence-electron chi connectivity index (χ2n) is 10.5. The number of fused-ring (bicyclic) bond motifs is 1. The van der Waals surface area contributed by atoms with Crippen molar-refractivity contribution in [2.24, 2.45) is 11.8 Å². The molecule has 5 rings (SSSR count). The summed E-state index contributed by atoms with van der Waals surface area (Å²) in [5.41, 5.74) is 5.46. The molecule has 1 amide bonds. The van der Waals surface area contributed by atoms with Crippen LogP contribution in [-0.2, 0) is 30.8 Å². The zero-order chi connectivity index (χ0) is 24.4. The van der Waals surface area contributed by atoms with E-state index in [1.54, 1.807) is 12.1 Å². The Kier molecular flexibility index (Phi) is 7.00. The number of para-hydroxylation sites is 1. The van der Waals surface area contributed by atoms with Crippen LogP contribution >= 0.6 is 0 Å². The predicted molar refractivity (Wildman–Crippen MR) is 135 cm³/mol. The lowest BCUT2D eigenvalue weighted by molar-refractivity contribution is -0.139. The summed E-state index contributed by atoms with van der Waals surface area (Å²) in [6, 6.07) is 17.1. The summed E-state index contributed by atoms with van der Waals surface area (Å²) in [6.07, 6.45) is 4.03. The average molecular weight is 475 g/mol. The maximum Gasteiger partial charge on any atom is 0.226 e. The third-order valence-corrected chi connectivity index (χ3v) is 7.21. The number of rotatable bonds is 8. The first-order chi connectivity index (χ1) is 17.0. The van der Waals surface area contributed by atoms with E-state index in [2.05, 4.69) is 35.6 Å². The lowest BCUT2D eigenvalue weighted by Crippen LogP contribution is -2.41. The van der Waals surface area contributed by atoms with Crippen molar-refractivity contribution >= 4 is 5.91 Å². The van der Waals surface area contributed by atoms with E-state index in [1.807, 2.05) is 29.2 Å². The van der Waals surface area contributed by atoms with Crippen molar-refractivity contribution in [3.05, 3.63) is 82.9 Å². The predicted octanol–water partition coefficient (Wildman–Crippen LogP) is 5.35. The van der Waals surface area contributed by atoms with Gasteiger partial charge in [0.1, 0.15) is 5.82 Å². The number of hydrogen-bond donors (Lipinski definition) is 0. The lowest BCUT2D eigenvalue weighted by atomic mass is 9.84. The standard InChI is InChI=1S/C29H35FN4O/c1-21(2)17-33(29(35)23-9-7-10-23)20-27-26-19-32(18-22-8-6-11-24(30)16-22)15-14-28(26)34(31-27)25-12-4-3-5-13-25/h3-6,8,11-13,16,21,23H,7,9-10,14-15,17-20H2,1-2H3. The molecular formula is C29H35FN4O. The van der Waals surface area contributed by atoms with Crippen LogP contribution in [0.4, 0.5) is 4.39 Å². The Labute approximate surface area is 207 Å². The Morgan fingerprint density at radius 2 is 1.94 bits per heavy atom.